The van der Waals surface area contributed by atoms with Crippen LogP contribution < -0.4 is 4.90 Å². The number of rotatable bonds is 3. The standard InChI is InChI=1S/C19H23FN4/c1-14-5-6-19(22-21-14)24-8-7-16-11-23(12-17(16)13-24)10-15-3-2-4-18(20)9-15/h2-6,9,16-17H,7-8,10-13H2,1H3/t16-,17-/m0/s1. The zero-order chi connectivity index (χ0) is 16.5. The van der Waals surface area contributed by atoms with E-state index in [1.165, 1.54) is 12.5 Å². The van der Waals surface area contributed by atoms with E-state index in [0.717, 1.165) is 55.7 Å². The molecule has 1 aromatic heterocycles. The summed E-state index contributed by atoms with van der Waals surface area (Å²) in [5.41, 5.74) is 2.02. The van der Waals surface area contributed by atoms with Gasteiger partial charge >= 0.3 is 0 Å². The zero-order valence-corrected chi connectivity index (χ0v) is 14.0. The van der Waals surface area contributed by atoms with E-state index in [2.05, 4.69) is 26.1 Å². The van der Waals surface area contributed by atoms with Crippen LogP contribution in [0.3, 0.4) is 0 Å². The second-order valence-electron chi connectivity index (χ2n) is 7.11. The van der Waals surface area contributed by atoms with E-state index in [9.17, 15) is 4.39 Å². The summed E-state index contributed by atoms with van der Waals surface area (Å²) < 4.78 is 13.4. The number of fused-ring (bicyclic) bond motifs is 1. The first-order valence-corrected chi connectivity index (χ1v) is 8.69. The van der Waals surface area contributed by atoms with Crippen molar-refractivity contribution in [1.29, 1.82) is 0 Å². The summed E-state index contributed by atoms with van der Waals surface area (Å²) in [6.07, 6.45) is 1.19. The Labute approximate surface area is 142 Å². The van der Waals surface area contributed by atoms with Gasteiger partial charge in [0.25, 0.3) is 0 Å². The van der Waals surface area contributed by atoms with Crippen LogP contribution in [0.5, 0.6) is 0 Å². The summed E-state index contributed by atoms with van der Waals surface area (Å²) in [7, 11) is 0. The van der Waals surface area contributed by atoms with Gasteiger partial charge in [-0.2, -0.15) is 5.10 Å². The first-order chi connectivity index (χ1) is 11.7. The fourth-order valence-electron chi connectivity index (χ4n) is 4.06. The smallest absolute Gasteiger partial charge is 0.151 e. The predicted octanol–water partition coefficient (Wildman–Crippen LogP) is 2.88. The Balaban J connectivity index is 1.39. The van der Waals surface area contributed by atoms with Crippen molar-refractivity contribution in [2.45, 2.75) is 19.9 Å². The SMILES string of the molecule is Cc1ccc(N2CC[C@H]3CN(Cc4cccc(F)c4)C[C@H]3C2)nn1. The van der Waals surface area contributed by atoms with Gasteiger partial charge in [0.1, 0.15) is 5.82 Å². The van der Waals surface area contributed by atoms with E-state index in [1.807, 2.05) is 19.1 Å². The van der Waals surface area contributed by atoms with Crippen molar-refractivity contribution in [3.8, 4) is 0 Å². The Morgan fingerprint density at radius 1 is 1.08 bits per heavy atom. The van der Waals surface area contributed by atoms with Crippen molar-refractivity contribution in [3.63, 3.8) is 0 Å². The summed E-state index contributed by atoms with van der Waals surface area (Å²) in [6.45, 7) is 7.10. The zero-order valence-electron chi connectivity index (χ0n) is 14.0. The number of aryl methyl sites for hydroxylation is 1. The Kier molecular flexibility index (Phi) is 4.19. The molecule has 2 aliphatic rings. The van der Waals surface area contributed by atoms with E-state index >= 15 is 0 Å². The van der Waals surface area contributed by atoms with Crippen LogP contribution in [0.25, 0.3) is 0 Å². The highest BCUT2D eigenvalue weighted by Crippen LogP contribution is 2.33. The number of benzene rings is 1. The molecule has 0 saturated carbocycles. The van der Waals surface area contributed by atoms with Gasteiger partial charge in [-0.1, -0.05) is 12.1 Å². The Morgan fingerprint density at radius 2 is 1.96 bits per heavy atom. The average Bonchev–Trinajstić information content (AvgIpc) is 2.97. The van der Waals surface area contributed by atoms with Crippen LogP contribution in [0.1, 0.15) is 17.7 Å². The van der Waals surface area contributed by atoms with Gasteiger partial charge in [-0.05, 0) is 55.0 Å². The number of hydrogen-bond donors (Lipinski definition) is 0. The first kappa shape index (κ1) is 15.5. The maximum absolute atomic E-state index is 13.4. The average molecular weight is 326 g/mol. The largest absolute Gasteiger partial charge is 0.355 e. The third-order valence-electron chi connectivity index (χ3n) is 5.28. The monoisotopic (exact) mass is 326 g/mol. The van der Waals surface area contributed by atoms with Crippen LogP contribution in [0.4, 0.5) is 10.2 Å². The third kappa shape index (κ3) is 3.26. The normalized spacial score (nSPS) is 24.2. The lowest BCUT2D eigenvalue weighted by molar-refractivity contribution is 0.313. The second kappa shape index (κ2) is 6.48. The van der Waals surface area contributed by atoms with Crippen LogP contribution in [-0.2, 0) is 6.54 Å². The summed E-state index contributed by atoms with van der Waals surface area (Å²) >= 11 is 0. The van der Waals surface area contributed by atoms with Gasteiger partial charge in [-0.15, -0.1) is 5.10 Å². The molecule has 2 fully saturated rings. The summed E-state index contributed by atoms with van der Waals surface area (Å²) in [4.78, 5) is 4.83. The van der Waals surface area contributed by atoms with Crippen molar-refractivity contribution in [2.75, 3.05) is 31.1 Å². The summed E-state index contributed by atoms with van der Waals surface area (Å²) in [5.74, 6) is 2.25. The number of aromatic nitrogens is 2. The molecule has 0 aliphatic carbocycles. The highest BCUT2D eigenvalue weighted by Gasteiger charge is 2.37. The van der Waals surface area contributed by atoms with Crippen LogP contribution in [0.15, 0.2) is 36.4 Å². The summed E-state index contributed by atoms with van der Waals surface area (Å²) in [5, 5.41) is 8.51. The van der Waals surface area contributed by atoms with Crippen molar-refractivity contribution in [3.05, 3.63) is 53.5 Å². The number of likely N-dealkylation sites (tertiary alicyclic amines) is 1. The van der Waals surface area contributed by atoms with E-state index in [4.69, 9.17) is 0 Å². The van der Waals surface area contributed by atoms with E-state index in [1.54, 1.807) is 12.1 Å². The molecule has 5 heteroatoms. The van der Waals surface area contributed by atoms with E-state index in [0.29, 0.717) is 5.92 Å². The van der Waals surface area contributed by atoms with Crippen molar-refractivity contribution >= 4 is 5.82 Å². The van der Waals surface area contributed by atoms with Crippen LogP contribution in [0, 0.1) is 24.6 Å². The van der Waals surface area contributed by atoms with Gasteiger partial charge in [-0.25, -0.2) is 4.39 Å². The Hall–Kier alpha value is -2.01. The van der Waals surface area contributed by atoms with Crippen LogP contribution in [0.2, 0.25) is 0 Å². The molecule has 4 rings (SSSR count). The minimum atomic E-state index is -0.145. The molecule has 1 aromatic carbocycles. The number of anilines is 1. The molecule has 0 amide bonds. The Morgan fingerprint density at radius 3 is 2.75 bits per heavy atom. The molecule has 126 valence electrons. The maximum atomic E-state index is 13.4. The molecule has 0 radical (unpaired) electrons. The van der Waals surface area contributed by atoms with E-state index in [-0.39, 0.29) is 5.82 Å². The molecule has 0 unspecified atom stereocenters. The number of hydrogen-bond acceptors (Lipinski definition) is 4. The Bertz CT molecular complexity index is 703. The number of piperidine rings is 1. The molecular formula is C19H23FN4. The van der Waals surface area contributed by atoms with Crippen molar-refractivity contribution in [2.24, 2.45) is 11.8 Å². The molecular weight excluding hydrogens is 303 g/mol. The number of nitrogens with zero attached hydrogens (tertiary/aromatic N) is 4. The molecule has 0 bridgehead atoms. The molecule has 2 saturated heterocycles. The quantitative estimate of drug-likeness (QED) is 0.868. The van der Waals surface area contributed by atoms with Gasteiger partial charge in [0.15, 0.2) is 5.82 Å². The lowest BCUT2D eigenvalue weighted by Gasteiger charge is -2.34. The van der Waals surface area contributed by atoms with Gasteiger partial charge in [0.05, 0.1) is 5.69 Å². The minimum Gasteiger partial charge on any atom is -0.355 e. The molecule has 3 heterocycles. The minimum absolute atomic E-state index is 0.145. The third-order valence-corrected chi connectivity index (χ3v) is 5.28. The molecule has 2 aromatic rings. The molecule has 0 spiro atoms. The fourth-order valence-corrected chi connectivity index (χ4v) is 4.06. The fraction of sp³-hybridized carbons (Fsp3) is 0.474. The second-order valence-corrected chi connectivity index (χ2v) is 7.11. The molecule has 0 N–H and O–H groups in total. The highest BCUT2D eigenvalue weighted by molar-refractivity contribution is 5.38. The molecule has 2 aliphatic heterocycles. The van der Waals surface area contributed by atoms with Gasteiger partial charge in [0.2, 0.25) is 0 Å². The van der Waals surface area contributed by atoms with Crippen LogP contribution >= 0.6 is 0 Å². The van der Waals surface area contributed by atoms with Gasteiger partial charge in [-0.3, -0.25) is 4.90 Å². The highest BCUT2D eigenvalue weighted by atomic mass is 19.1. The molecule has 2 atom stereocenters. The lowest BCUT2D eigenvalue weighted by atomic mass is 9.89. The summed E-state index contributed by atoms with van der Waals surface area (Å²) in [6, 6.07) is 11.1. The topological polar surface area (TPSA) is 32.3 Å². The van der Waals surface area contributed by atoms with Gasteiger partial charge < -0.3 is 4.90 Å². The van der Waals surface area contributed by atoms with Gasteiger partial charge in [0, 0.05) is 32.7 Å². The van der Waals surface area contributed by atoms with E-state index < -0.39 is 0 Å². The predicted molar refractivity (Wildman–Crippen MR) is 92.3 cm³/mol. The number of halogens is 1. The van der Waals surface area contributed by atoms with Crippen molar-refractivity contribution in [1.82, 2.24) is 15.1 Å². The van der Waals surface area contributed by atoms with Crippen LogP contribution in [-0.4, -0.2) is 41.3 Å². The molecule has 4 nitrogen and oxygen atoms in total. The first-order valence-electron chi connectivity index (χ1n) is 8.69. The van der Waals surface area contributed by atoms with Crippen molar-refractivity contribution < 1.29 is 4.39 Å². The molecule has 24 heavy (non-hydrogen) atoms. The lowest BCUT2D eigenvalue weighted by Crippen LogP contribution is -2.40. The maximum Gasteiger partial charge on any atom is 0.151 e.